The monoisotopic (exact) mass is 290 g/mol. The number of nitrogens with two attached hydrogens (primary N) is 2. The molecule has 0 saturated carbocycles. The molecule has 2 atom stereocenters. The second-order valence-corrected chi connectivity index (χ2v) is 4.75. The first kappa shape index (κ1) is 14.0. The number of halogens is 1. The summed E-state index contributed by atoms with van der Waals surface area (Å²) in [6.45, 7) is 0. The Hall–Kier alpha value is -2.46. The predicted octanol–water partition coefficient (Wildman–Crippen LogP) is 0.635. The van der Waals surface area contributed by atoms with Gasteiger partial charge < -0.3 is 16.8 Å². The van der Waals surface area contributed by atoms with Crippen LogP contribution in [0.4, 0.5) is 4.39 Å². The van der Waals surface area contributed by atoms with E-state index in [0.717, 1.165) is 0 Å². The topological polar surface area (TPSA) is 105 Å². The van der Waals surface area contributed by atoms with Gasteiger partial charge in [-0.1, -0.05) is 30.4 Å². The molecule has 0 unspecified atom stereocenters. The molecule has 7 heteroatoms. The number of nitrogens with zero attached hydrogens (tertiary/aromatic N) is 1. The van der Waals surface area contributed by atoms with Crippen molar-refractivity contribution in [3.8, 4) is 6.07 Å². The van der Waals surface area contributed by atoms with Gasteiger partial charge in [0.15, 0.2) is 0 Å². The standard InChI is InChI=1S/C13H11FN4OS/c14-8-4-2-1-3-6(8)9-7(5-15)11(16)18-13(20)10(9)12(17)19/h1-4,9-10H,16H2,(H2,17,19)(H,18,20)/t9-,10-/m0/s1. The van der Waals surface area contributed by atoms with Crippen molar-refractivity contribution in [2.24, 2.45) is 17.4 Å². The number of hydrogen-bond acceptors (Lipinski definition) is 4. The summed E-state index contributed by atoms with van der Waals surface area (Å²) in [5.74, 6) is -3.19. The minimum Gasteiger partial charge on any atom is -0.384 e. The summed E-state index contributed by atoms with van der Waals surface area (Å²) in [7, 11) is 0. The third-order valence-electron chi connectivity index (χ3n) is 3.14. The molecule has 0 fully saturated rings. The summed E-state index contributed by atoms with van der Waals surface area (Å²) >= 11 is 5.04. The lowest BCUT2D eigenvalue weighted by Crippen LogP contribution is -2.47. The molecule has 20 heavy (non-hydrogen) atoms. The van der Waals surface area contributed by atoms with Crippen molar-refractivity contribution in [3.63, 3.8) is 0 Å². The summed E-state index contributed by atoms with van der Waals surface area (Å²) in [6, 6.07) is 7.73. The SMILES string of the molecule is N#CC1=C(N)NC(=S)[C@H](C(N)=O)[C@H]1c1ccccc1F. The van der Waals surface area contributed by atoms with Gasteiger partial charge in [-0.3, -0.25) is 4.79 Å². The number of allylic oxidation sites excluding steroid dienone is 1. The number of nitriles is 1. The molecule has 0 aromatic heterocycles. The minimum absolute atomic E-state index is 0.0169. The molecule has 1 amide bonds. The largest absolute Gasteiger partial charge is 0.384 e. The highest BCUT2D eigenvalue weighted by molar-refractivity contribution is 7.80. The molecule has 1 aliphatic heterocycles. The molecule has 5 nitrogen and oxygen atoms in total. The number of hydrogen-bond donors (Lipinski definition) is 3. The fourth-order valence-electron chi connectivity index (χ4n) is 2.25. The predicted molar refractivity (Wildman–Crippen MR) is 74.4 cm³/mol. The highest BCUT2D eigenvalue weighted by Gasteiger charge is 2.40. The molecule has 0 bridgehead atoms. The van der Waals surface area contributed by atoms with Crippen molar-refractivity contribution in [1.82, 2.24) is 5.32 Å². The van der Waals surface area contributed by atoms with Crippen molar-refractivity contribution in [1.29, 1.82) is 5.26 Å². The van der Waals surface area contributed by atoms with Crippen LogP contribution in [0, 0.1) is 23.1 Å². The van der Waals surface area contributed by atoms with Crippen molar-refractivity contribution >= 4 is 23.1 Å². The van der Waals surface area contributed by atoms with Gasteiger partial charge in [0.1, 0.15) is 17.6 Å². The number of primary amides is 1. The quantitative estimate of drug-likeness (QED) is 0.693. The maximum Gasteiger partial charge on any atom is 0.228 e. The smallest absolute Gasteiger partial charge is 0.228 e. The van der Waals surface area contributed by atoms with Gasteiger partial charge >= 0.3 is 0 Å². The second kappa shape index (κ2) is 5.27. The number of nitrogens with one attached hydrogen (secondary N) is 1. The van der Waals surface area contributed by atoms with Gasteiger partial charge in [-0.25, -0.2) is 4.39 Å². The lowest BCUT2D eigenvalue weighted by Gasteiger charge is -2.31. The Morgan fingerprint density at radius 3 is 2.65 bits per heavy atom. The van der Waals surface area contributed by atoms with Crippen molar-refractivity contribution in [3.05, 3.63) is 47.0 Å². The van der Waals surface area contributed by atoms with E-state index in [1.54, 1.807) is 6.07 Å². The Morgan fingerprint density at radius 2 is 2.10 bits per heavy atom. The van der Waals surface area contributed by atoms with Crippen LogP contribution in [0.2, 0.25) is 0 Å². The van der Waals surface area contributed by atoms with Gasteiger partial charge in [0.2, 0.25) is 5.91 Å². The molecular weight excluding hydrogens is 279 g/mol. The van der Waals surface area contributed by atoms with Crippen LogP contribution in [0.25, 0.3) is 0 Å². The van der Waals surface area contributed by atoms with Crippen LogP contribution in [-0.2, 0) is 4.79 Å². The van der Waals surface area contributed by atoms with Gasteiger partial charge in [0.25, 0.3) is 0 Å². The molecule has 102 valence electrons. The Bertz CT molecular complexity index is 665. The summed E-state index contributed by atoms with van der Waals surface area (Å²) in [5.41, 5.74) is 11.3. The number of carbonyl (C=O) groups is 1. The minimum atomic E-state index is -1.01. The van der Waals surface area contributed by atoms with Crippen LogP contribution in [0.3, 0.4) is 0 Å². The van der Waals surface area contributed by atoms with Crippen LogP contribution in [-0.4, -0.2) is 10.9 Å². The van der Waals surface area contributed by atoms with Gasteiger partial charge in [0, 0.05) is 5.92 Å². The third-order valence-corrected chi connectivity index (χ3v) is 3.50. The van der Waals surface area contributed by atoms with Crippen molar-refractivity contribution in [2.75, 3.05) is 0 Å². The fourth-order valence-corrected chi connectivity index (χ4v) is 2.61. The van der Waals surface area contributed by atoms with Crippen LogP contribution < -0.4 is 16.8 Å². The molecule has 0 spiro atoms. The number of thiocarbonyl (C=S) groups is 1. The number of amides is 1. The van der Waals surface area contributed by atoms with E-state index in [1.807, 2.05) is 6.07 Å². The highest BCUT2D eigenvalue weighted by atomic mass is 32.1. The molecule has 1 aromatic carbocycles. The Kier molecular flexibility index (Phi) is 3.68. The first-order chi connectivity index (χ1) is 9.47. The highest BCUT2D eigenvalue weighted by Crippen LogP contribution is 2.37. The third kappa shape index (κ3) is 2.21. The number of rotatable bonds is 2. The summed E-state index contributed by atoms with van der Waals surface area (Å²) in [4.78, 5) is 11.7. The Morgan fingerprint density at radius 1 is 1.45 bits per heavy atom. The van der Waals surface area contributed by atoms with E-state index >= 15 is 0 Å². The van der Waals surface area contributed by atoms with E-state index < -0.39 is 23.6 Å². The molecule has 1 aromatic rings. The number of benzene rings is 1. The molecule has 0 saturated heterocycles. The normalized spacial score (nSPS) is 22.1. The van der Waals surface area contributed by atoms with E-state index in [9.17, 15) is 14.4 Å². The second-order valence-electron chi connectivity index (χ2n) is 4.31. The van der Waals surface area contributed by atoms with Crippen LogP contribution in [0.15, 0.2) is 35.7 Å². The lowest BCUT2D eigenvalue weighted by molar-refractivity contribution is -0.120. The molecule has 2 rings (SSSR count). The summed E-state index contributed by atoms with van der Waals surface area (Å²) in [5, 5.41) is 11.8. The van der Waals surface area contributed by atoms with Gasteiger partial charge in [-0.15, -0.1) is 0 Å². The molecule has 1 heterocycles. The van der Waals surface area contributed by atoms with E-state index in [4.69, 9.17) is 23.7 Å². The Labute approximate surface area is 120 Å². The summed E-state index contributed by atoms with van der Waals surface area (Å²) < 4.78 is 14.0. The molecule has 1 aliphatic rings. The first-order valence-corrected chi connectivity index (χ1v) is 6.12. The van der Waals surface area contributed by atoms with Gasteiger partial charge in [-0.2, -0.15) is 5.26 Å². The van der Waals surface area contributed by atoms with E-state index in [1.165, 1.54) is 18.2 Å². The van der Waals surface area contributed by atoms with Crippen LogP contribution in [0.1, 0.15) is 11.5 Å². The summed E-state index contributed by atoms with van der Waals surface area (Å²) in [6.07, 6.45) is 0. The maximum absolute atomic E-state index is 14.0. The van der Waals surface area contributed by atoms with E-state index in [-0.39, 0.29) is 21.9 Å². The van der Waals surface area contributed by atoms with Crippen molar-refractivity contribution < 1.29 is 9.18 Å². The lowest BCUT2D eigenvalue weighted by atomic mass is 9.78. The Balaban J connectivity index is 2.68. The zero-order chi connectivity index (χ0) is 14.9. The fraction of sp³-hybridized carbons (Fsp3) is 0.154. The number of carbonyl (C=O) groups excluding carboxylic acids is 1. The average Bonchev–Trinajstić information content (AvgIpc) is 2.38. The average molecular weight is 290 g/mol. The zero-order valence-electron chi connectivity index (χ0n) is 10.3. The molecule has 0 aliphatic carbocycles. The first-order valence-electron chi connectivity index (χ1n) is 5.71. The molecule has 5 N–H and O–H groups in total. The van der Waals surface area contributed by atoms with Crippen LogP contribution >= 0.6 is 12.2 Å². The van der Waals surface area contributed by atoms with Crippen molar-refractivity contribution in [2.45, 2.75) is 5.92 Å². The van der Waals surface area contributed by atoms with E-state index in [2.05, 4.69) is 5.32 Å². The van der Waals surface area contributed by atoms with Gasteiger partial charge in [0.05, 0.1) is 16.6 Å². The van der Waals surface area contributed by atoms with Crippen LogP contribution in [0.5, 0.6) is 0 Å². The zero-order valence-corrected chi connectivity index (χ0v) is 11.1. The van der Waals surface area contributed by atoms with Gasteiger partial charge in [-0.05, 0) is 11.6 Å². The van der Waals surface area contributed by atoms with E-state index in [0.29, 0.717) is 0 Å². The molecular formula is C13H11FN4OS. The molecule has 0 radical (unpaired) electrons. The maximum atomic E-state index is 14.0.